The lowest BCUT2D eigenvalue weighted by Gasteiger charge is -2.11. The van der Waals surface area contributed by atoms with Crippen LogP contribution in [0.25, 0.3) is 0 Å². The third-order valence-corrected chi connectivity index (χ3v) is 3.26. The van der Waals surface area contributed by atoms with Crippen LogP contribution in [0.5, 0.6) is 0 Å². The predicted molar refractivity (Wildman–Crippen MR) is 74.6 cm³/mol. The molecule has 0 amide bonds. The summed E-state index contributed by atoms with van der Waals surface area (Å²) in [4.78, 5) is 0.127. The minimum Gasteiger partial charge on any atom is -0.384 e. The number of benzene rings is 1. The molecule has 0 fully saturated rings. The Bertz CT molecular complexity index is 475. The largest absolute Gasteiger partial charge is 0.446 e. The Balaban J connectivity index is 3.13. The number of hydrogen-bond acceptors (Lipinski definition) is 2. The maximum atomic E-state index is 12.4. The van der Waals surface area contributed by atoms with Crippen LogP contribution < -0.4 is 5.32 Å². The second-order valence-corrected chi connectivity index (χ2v) is 5.06. The number of rotatable bonds is 5. The number of thioether (sulfide) groups is 1. The molecule has 0 bridgehead atoms. The van der Waals surface area contributed by atoms with Crippen molar-refractivity contribution in [3.63, 3.8) is 0 Å². The van der Waals surface area contributed by atoms with E-state index in [1.807, 2.05) is 13.8 Å². The summed E-state index contributed by atoms with van der Waals surface area (Å²) < 4.78 is 38.9. The molecule has 1 aromatic carbocycles. The van der Waals surface area contributed by atoms with Crippen LogP contribution in [0.4, 0.5) is 18.9 Å². The van der Waals surface area contributed by atoms with Crippen LogP contribution in [0, 0.1) is 0 Å². The molecule has 0 heterocycles. The monoisotopic (exact) mass is 307 g/mol. The van der Waals surface area contributed by atoms with Crippen LogP contribution in [0.3, 0.4) is 0 Å². The minimum atomic E-state index is -4.30. The number of amidine groups is 1. The van der Waals surface area contributed by atoms with Crippen LogP contribution in [0.15, 0.2) is 29.2 Å². The molecule has 1 aromatic rings. The number of aliphatic hydroxyl groups is 1. The molecule has 0 saturated carbocycles. The van der Waals surface area contributed by atoms with Crippen molar-refractivity contribution in [2.75, 3.05) is 19.7 Å². The van der Waals surface area contributed by atoms with Gasteiger partial charge in [-0.15, -0.1) is 0 Å². The van der Waals surface area contributed by atoms with E-state index in [-0.39, 0.29) is 23.3 Å². The fourth-order valence-corrected chi connectivity index (χ4v) is 2.41. The number of likely N-dealkylation sites (N-methyl/N-ethyl adjacent to an activating group) is 1. The van der Waals surface area contributed by atoms with Gasteiger partial charge in [-0.3, -0.25) is 5.32 Å². The molecule has 0 atom stereocenters. The molecule has 0 saturated heterocycles. The standard InChI is InChI=1S/C13H17F3N2OS/c1-3-17-12(9-19)18(4-2)10-6-5-7-11(8-10)20-13(14,15)16/h5-8,19H,3-4,9H2,1-2H3/p+1. The first-order valence-corrected chi connectivity index (χ1v) is 7.06. The van der Waals surface area contributed by atoms with E-state index in [1.165, 1.54) is 12.1 Å². The zero-order valence-electron chi connectivity index (χ0n) is 11.4. The second-order valence-electron chi connectivity index (χ2n) is 3.92. The van der Waals surface area contributed by atoms with E-state index in [2.05, 4.69) is 5.32 Å². The quantitative estimate of drug-likeness (QED) is 0.380. The summed E-state index contributed by atoms with van der Waals surface area (Å²) in [5.74, 6) is 0.573. The fourth-order valence-electron chi connectivity index (χ4n) is 1.82. The number of halogens is 3. The van der Waals surface area contributed by atoms with Crippen molar-refractivity contribution in [3.8, 4) is 0 Å². The summed E-state index contributed by atoms with van der Waals surface area (Å²) in [5.41, 5.74) is -3.69. The molecule has 0 aliphatic carbocycles. The van der Waals surface area contributed by atoms with Crippen molar-refractivity contribution in [1.29, 1.82) is 0 Å². The molecule has 0 unspecified atom stereocenters. The normalized spacial score (nSPS) is 13.1. The average Bonchev–Trinajstić information content (AvgIpc) is 2.37. The van der Waals surface area contributed by atoms with Gasteiger partial charge in [0.2, 0.25) is 0 Å². The summed E-state index contributed by atoms with van der Waals surface area (Å²) in [5, 5.41) is 12.4. The van der Waals surface area contributed by atoms with Gasteiger partial charge in [0.05, 0.1) is 13.1 Å². The van der Waals surface area contributed by atoms with Crippen molar-refractivity contribution in [1.82, 2.24) is 5.32 Å². The maximum absolute atomic E-state index is 12.4. The predicted octanol–water partition coefficient (Wildman–Crippen LogP) is 2.96. The smallest absolute Gasteiger partial charge is 0.384 e. The highest BCUT2D eigenvalue weighted by Gasteiger charge is 2.29. The van der Waals surface area contributed by atoms with Gasteiger partial charge in [0.25, 0.3) is 5.84 Å². The first kappa shape index (κ1) is 16.8. The molecule has 20 heavy (non-hydrogen) atoms. The van der Waals surface area contributed by atoms with Gasteiger partial charge in [0, 0.05) is 4.90 Å². The molecule has 0 aliphatic rings. The van der Waals surface area contributed by atoms with Crippen LogP contribution in [-0.4, -0.2) is 40.7 Å². The van der Waals surface area contributed by atoms with Crippen molar-refractivity contribution in [2.45, 2.75) is 24.3 Å². The van der Waals surface area contributed by atoms with Gasteiger partial charge >= 0.3 is 5.51 Å². The van der Waals surface area contributed by atoms with Crippen molar-refractivity contribution >= 4 is 23.3 Å². The SMILES string of the molecule is CCNC(CO)=[N+](CC)c1cccc(SC(F)(F)F)c1. The summed E-state index contributed by atoms with van der Waals surface area (Å²) in [6, 6.07) is 6.18. The van der Waals surface area contributed by atoms with Gasteiger partial charge in [0.1, 0.15) is 12.3 Å². The lowest BCUT2D eigenvalue weighted by Crippen LogP contribution is -2.34. The Morgan fingerprint density at radius 2 is 2.05 bits per heavy atom. The van der Waals surface area contributed by atoms with E-state index in [9.17, 15) is 18.3 Å². The first-order chi connectivity index (χ1) is 9.41. The third-order valence-electron chi connectivity index (χ3n) is 2.54. The van der Waals surface area contributed by atoms with E-state index in [0.29, 0.717) is 24.6 Å². The molecular weight excluding hydrogens is 289 g/mol. The number of hydrogen-bond donors (Lipinski definition) is 2. The topological polar surface area (TPSA) is 35.3 Å². The maximum Gasteiger partial charge on any atom is 0.446 e. The van der Waals surface area contributed by atoms with E-state index in [1.54, 1.807) is 16.7 Å². The van der Waals surface area contributed by atoms with Crippen molar-refractivity contribution in [3.05, 3.63) is 24.3 Å². The van der Waals surface area contributed by atoms with Crippen LogP contribution >= 0.6 is 11.8 Å². The van der Waals surface area contributed by atoms with E-state index < -0.39 is 5.51 Å². The molecule has 0 spiro atoms. The van der Waals surface area contributed by atoms with Gasteiger partial charge in [-0.05, 0) is 43.8 Å². The molecular formula is C13H18F3N2OS+. The molecule has 0 radical (unpaired) electrons. The van der Waals surface area contributed by atoms with Crippen molar-refractivity contribution in [2.24, 2.45) is 0 Å². The summed E-state index contributed by atoms with van der Waals surface area (Å²) in [6.45, 7) is 4.74. The highest BCUT2D eigenvalue weighted by atomic mass is 32.2. The molecule has 1 rings (SSSR count). The molecule has 7 heteroatoms. The number of nitrogens with zero attached hydrogens (tertiary/aromatic N) is 1. The second kappa shape index (κ2) is 7.54. The minimum absolute atomic E-state index is 0.127. The zero-order valence-corrected chi connectivity index (χ0v) is 12.2. The van der Waals surface area contributed by atoms with Crippen LogP contribution in [0.1, 0.15) is 13.8 Å². The molecule has 2 N–H and O–H groups in total. The average molecular weight is 307 g/mol. The number of aliphatic hydroxyl groups excluding tert-OH is 1. The van der Waals surface area contributed by atoms with Crippen molar-refractivity contribution < 1.29 is 22.9 Å². The third kappa shape index (κ3) is 5.05. The summed E-state index contributed by atoms with van der Waals surface area (Å²) >= 11 is -0.143. The van der Waals surface area contributed by atoms with Gasteiger partial charge in [0.15, 0.2) is 0 Å². The Labute approximate surface area is 120 Å². The lowest BCUT2D eigenvalue weighted by atomic mass is 10.3. The highest BCUT2D eigenvalue weighted by Crippen LogP contribution is 2.37. The van der Waals surface area contributed by atoms with E-state index >= 15 is 0 Å². The Morgan fingerprint density at radius 3 is 2.55 bits per heavy atom. The Hall–Kier alpha value is -1.21. The highest BCUT2D eigenvalue weighted by molar-refractivity contribution is 8.00. The Morgan fingerprint density at radius 1 is 1.35 bits per heavy atom. The first-order valence-electron chi connectivity index (χ1n) is 6.25. The zero-order chi connectivity index (χ0) is 15.2. The molecule has 3 nitrogen and oxygen atoms in total. The van der Waals surface area contributed by atoms with Crippen LogP contribution in [0.2, 0.25) is 0 Å². The summed E-state index contributed by atoms with van der Waals surface area (Å²) in [6.07, 6.45) is 0. The Kier molecular flexibility index (Phi) is 6.35. The van der Waals surface area contributed by atoms with Gasteiger partial charge in [-0.25, -0.2) is 4.58 Å². The lowest BCUT2D eigenvalue weighted by molar-refractivity contribution is -0.440. The van der Waals surface area contributed by atoms with Gasteiger partial charge in [-0.1, -0.05) is 6.07 Å². The van der Waals surface area contributed by atoms with E-state index in [4.69, 9.17) is 0 Å². The fraction of sp³-hybridized carbons (Fsp3) is 0.462. The number of alkyl halides is 3. The molecule has 112 valence electrons. The molecule has 0 aliphatic heterocycles. The number of nitrogens with one attached hydrogen (secondary N) is 1. The van der Waals surface area contributed by atoms with Gasteiger partial charge in [-0.2, -0.15) is 13.2 Å². The van der Waals surface area contributed by atoms with E-state index in [0.717, 1.165) is 0 Å². The summed E-state index contributed by atoms with van der Waals surface area (Å²) in [7, 11) is 0. The van der Waals surface area contributed by atoms with Gasteiger partial charge < -0.3 is 5.11 Å². The molecule has 0 aromatic heterocycles. The van der Waals surface area contributed by atoms with Crippen LogP contribution in [-0.2, 0) is 0 Å².